The third-order valence-electron chi connectivity index (χ3n) is 5.13. The van der Waals surface area contributed by atoms with Crippen molar-refractivity contribution in [2.24, 2.45) is 15.8 Å². The highest BCUT2D eigenvalue weighted by Gasteiger charge is 2.38. The van der Waals surface area contributed by atoms with Gasteiger partial charge >= 0.3 is 12.1 Å². The van der Waals surface area contributed by atoms with E-state index in [0.717, 1.165) is 12.1 Å². The van der Waals surface area contributed by atoms with Gasteiger partial charge in [0.05, 0.1) is 30.4 Å². The molecule has 1 atom stereocenters. The Morgan fingerprint density at radius 3 is 2.57 bits per heavy atom. The fraction of sp³-hybridized carbons (Fsp3) is 0.478. The number of aromatic nitrogens is 3. The fourth-order valence-corrected chi connectivity index (χ4v) is 3.29. The van der Waals surface area contributed by atoms with E-state index in [9.17, 15) is 18.0 Å². The van der Waals surface area contributed by atoms with Crippen LogP contribution in [0.25, 0.3) is 11.5 Å². The lowest BCUT2D eigenvalue weighted by atomic mass is 9.94. The lowest BCUT2D eigenvalue weighted by Gasteiger charge is -2.27. The van der Waals surface area contributed by atoms with Gasteiger partial charge in [0.1, 0.15) is 0 Å². The molecule has 1 aliphatic rings. The van der Waals surface area contributed by atoms with Crippen LogP contribution in [0.4, 0.5) is 13.2 Å². The molecule has 2 aromatic rings. The normalized spacial score (nSPS) is 17.0. The Balaban J connectivity index is 1.68. The van der Waals surface area contributed by atoms with Crippen LogP contribution in [0.5, 0.6) is 0 Å². The van der Waals surface area contributed by atoms with E-state index >= 15 is 0 Å². The number of nitrogens with zero attached hydrogens (tertiary/aromatic N) is 7. The first-order valence-electron chi connectivity index (χ1n) is 11.1. The van der Waals surface area contributed by atoms with Crippen LogP contribution in [-0.4, -0.2) is 50.6 Å². The summed E-state index contributed by atoms with van der Waals surface area (Å²) >= 11 is 0. The summed E-state index contributed by atoms with van der Waals surface area (Å²) in [4.78, 5) is 18.6. The zero-order valence-electron chi connectivity index (χ0n) is 20.2. The Labute approximate surface area is 201 Å². The fourth-order valence-electron chi connectivity index (χ4n) is 3.29. The molecule has 0 radical (unpaired) electrons. The van der Waals surface area contributed by atoms with Crippen LogP contribution in [0, 0.1) is 5.41 Å². The summed E-state index contributed by atoms with van der Waals surface area (Å²) in [5.41, 5.74) is 1.19. The molecule has 35 heavy (non-hydrogen) atoms. The van der Waals surface area contributed by atoms with Crippen LogP contribution in [0.3, 0.4) is 0 Å². The highest BCUT2D eigenvalue weighted by atomic mass is 19.4. The van der Waals surface area contributed by atoms with Crippen LogP contribution >= 0.6 is 0 Å². The number of halogens is 3. The average molecular weight is 492 g/mol. The molecule has 3 heterocycles. The van der Waals surface area contributed by atoms with E-state index in [1.54, 1.807) is 29.1 Å². The van der Waals surface area contributed by atoms with Gasteiger partial charge in [-0.2, -0.15) is 18.3 Å². The summed E-state index contributed by atoms with van der Waals surface area (Å²) in [6.45, 7) is 8.42. The Bertz CT molecular complexity index is 1120. The molecule has 1 amide bonds. The second-order valence-electron chi connectivity index (χ2n) is 9.04. The summed E-state index contributed by atoms with van der Waals surface area (Å²) in [5.74, 6) is -1.66. The first-order chi connectivity index (χ1) is 16.4. The molecule has 1 unspecified atom stereocenters. The van der Waals surface area contributed by atoms with Gasteiger partial charge in [0.15, 0.2) is 0 Å². The molecular formula is C23H28F3N7O2. The second kappa shape index (κ2) is 10.4. The zero-order chi connectivity index (χ0) is 25.8. The van der Waals surface area contributed by atoms with Gasteiger partial charge < -0.3 is 9.32 Å². The number of rotatable bonds is 7. The Kier molecular flexibility index (Phi) is 7.71. The summed E-state index contributed by atoms with van der Waals surface area (Å²) < 4.78 is 42.7. The molecule has 3 rings (SSSR count). The van der Waals surface area contributed by atoms with E-state index in [0.29, 0.717) is 18.8 Å². The minimum absolute atomic E-state index is 0.00685. The van der Waals surface area contributed by atoms with E-state index in [-0.39, 0.29) is 23.4 Å². The van der Waals surface area contributed by atoms with Gasteiger partial charge in [-0.05, 0) is 24.6 Å². The van der Waals surface area contributed by atoms with Gasteiger partial charge in [0.2, 0.25) is 11.8 Å². The van der Waals surface area contributed by atoms with Crippen molar-refractivity contribution in [1.29, 1.82) is 0 Å². The van der Waals surface area contributed by atoms with Crippen LogP contribution < -0.4 is 0 Å². The van der Waals surface area contributed by atoms with Crippen LogP contribution in [-0.2, 0) is 17.5 Å². The molecule has 188 valence electrons. The first-order valence-corrected chi connectivity index (χ1v) is 11.1. The lowest BCUT2D eigenvalue weighted by molar-refractivity contribution is -0.157. The summed E-state index contributed by atoms with van der Waals surface area (Å²) in [6, 6.07) is 3.07. The number of amides is 1. The summed E-state index contributed by atoms with van der Waals surface area (Å²) in [6.07, 6.45) is 3.26. The maximum atomic E-state index is 12.7. The number of alkyl halides is 3. The Hall–Kier alpha value is -3.57. The van der Waals surface area contributed by atoms with Crippen molar-refractivity contribution in [3.05, 3.63) is 53.8 Å². The highest BCUT2D eigenvalue weighted by Crippen LogP contribution is 2.30. The predicted molar refractivity (Wildman–Crippen MR) is 121 cm³/mol. The van der Waals surface area contributed by atoms with Gasteiger partial charge in [-0.15, -0.1) is 10.2 Å². The number of pyridine rings is 1. The average Bonchev–Trinajstić information content (AvgIpc) is 3.45. The van der Waals surface area contributed by atoms with E-state index in [1.807, 2.05) is 45.9 Å². The molecule has 2 aromatic heterocycles. The van der Waals surface area contributed by atoms with Crippen molar-refractivity contribution < 1.29 is 22.4 Å². The topological polar surface area (TPSA) is 100 Å². The number of carbonyl (C=O) groups excluding carboxylic acids is 1. The molecule has 0 aromatic carbocycles. The van der Waals surface area contributed by atoms with Gasteiger partial charge in [0.25, 0.3) is 0 Å². The third-order valence-corrected chi connectivity index (χ3v) is 5.13. The van der Waals surface area contributed by atoms with Crippen molar-refractivity contribution >= 4 is 5.91 Å². The maximum absolute atomic E-state index is 12.7. The molecule has 0 saturated carbocycles. The van der Waals surface area contributed by atoms with E-state index in [4.69, 9.17) is 0 Å². The number of likely N-dealkylation sites (N-methyl/N-ethyl adjacent to an activating group) is 1. The molecule has 1 aliphatic heterocycles. The standard InChI is InChI=1S/C23H28F3N7O2/c1-6-7-17(32(5)21(34)22(2,3)4)10-11-18-13-28-31-33(18)14-16-9-8-15(12-27-16)19-29-30-20(35-19)23(24,25)26/h7-12,18H,6,13-14H2,1-5H3/b11-10-,17-7+. The Morgan fingerprint density at radius 1 is 1.26 bits per heavy atom. The SMILES string of the molecule is CC/C=C(\C=C/C1CN=NN1Cc1ccc(-c2nnc(C(F)(F)F)o2)cn1)N(C)C(=O)C(C)(C)C. The molecule has 0 fully saturated rings. The second-order valence-corrected chi connectivity index (χ2v) is 9.04. The molecule has 0 N–H and O–H groups in total. The molecule has 9 nitrogen and oxygen atoms in total. The van der Waals surface area contributed by atoms with Gasteiger partial charge in [-0.1, -0.05) is 45.1 Å². The molecule has 0 bridgehead atoms. The van der Waals surface area contributed by atoms with Gasteiger partial charge in [0, 0.05) is 24.4 Å². The van der Waals surface area contributed by atoms with Crippen molar-refractivity contribution in [1.82, 2.24) is 25.1 Å². The van der Waals surface area contributed by atoms with E-state index < -0.39 is 17.5 Å². The predicted octanol–water partition coefficient (Wildman–Crippen LogP) is 5.06. The third kappa shape index (κ3) is 6.52. The van der Waals surface area contributed by atoms with E-state index in [2.05, 4.69) is 29.9 Å². The maximum Gasteiger partial charge on any atom is 0.470 e. The number of carbonyl (C=O) groups is 1. The molecule has 0 saturated heterocycles. The Morgan fingerprint density at radius 2 is 2.00 bits per heavy atom. The largest absolute Gasteiger partial charge is 0.470 e. The smallest absolute Gasteiger partial charge is 0.413 e. The number of hydrogen-bond donors (Lipinski definition) is 0. The first kappa shape index (κ1) is 26.0. The molecule has 12 heteroatoms. The van der Waals surface area contributed by atoms with Crippen molar-refractivity contribution in [2.45, 2.75) is 52.9 Å². The monoisotopic (exact) mass is 491 g/mol. The van der Waals surface area contributed by atoms with Crippen LogP contribution in [0.15, 0.2) is 57.0 Å². The van der Waals surface area contributed by atoms with Crippen LogP contribution in [0.1, 0.15) is 45.7 Å². The molecule has 0 aliphatic carbocycles. The number of allylic oxidation sites excluding steroid dienone is 2. The van der Waals surface area contributed by atoms with Crippen molar-refractivity contribution in [3.63, 3.8) is 0 Å². The zero-order valence-corrected chi connectivity index (χ0v) is 20.2. The quantitative estimate of drug-likeness (QED) is 0.502. The summed E-state index contributed by atoms with van der Waals surface area (Å²) in [7, 11) is 1.76. The van der Waals surface area contributed by atoms with Crippen molar-refractivity contribution in [2.75, 3.05) is 13.6 Å². The lowest BCUT2D eigenvalue weighted by Crippen LogP contribution is -2.36. The van der Waals surface area contributed by atoms with Crippen LogP contribution in [0.2, 0.25) is 0 Å². The molecular weight excluding hydrogens is 463 g/mol. The highest BCUT2D eigenvalue weighted by molar-refractivity contribution is 5.83. The summed E-state index contributed by atoms with van der Waals surface area (Å²) in [5, 5.41) is 16.5. The minimum Gasteiger partial charge on any atom is -0.413 e. The van der Waals surface area contributed by atoms with Crippen molar-refractivity contribution in [3.8, 4) is 11.5 Å². The number of hydrogen-bond acceptors (Lipinski definition) is 8. The van der Waals surface area contributed by atoms with Gasteiger partial charge in [-0.25, -0.2) is 0 Å². The van der Waals surface area contributed by atoms with E-state index in [1.165, 1.54) is 6.20 Å². The van der Waals surface area contributed by atoms with Gasteiger partial charge in [-0.3, -0.25) is 14.8 Å². The molecule has 0 spiro atoms. The minimum atomic E-state index is -4.71.